The standard InChI is InChI=1S/C17H29N/c1-15(2)9-7-13-17(18-3)14-8-12-16-10-5-4-6-11-16/h4-6,10-11,15,17-18H,7-9,12-14H2,1-3H3. The minimum atomic E-state index is 0.701. The van der Waals surface area contributed by atoms with E-state index in [-0.39, 0.29) is 0 Å². The predicted molar refractivity (Wildman–Crippen MR) is 80.9 cm³/mol. The van der Waals surface area contributed by atoms with Crippen molar-refractivity contribution >= 4 is 0 Å². The van der Waals surface area contributed by atoms with Gasteiger partial charge in [-0.15, -0.1) is 0 Å². The number of hydrogen-bond acceptors (Lipinski definition) is 1. The summed E-state index contributed by atoms with van der Waals surface area (Å²) in [6.07, 6.45) is 7.83. The maximum atomic E-state index is 3.46. The van der Waals surface area contributed by atoms with Gasteiger partial charge in [-0.3, -0.25) is 0 Å². The smallest absolute Gasteiger partial charge is 0.00641 e. The van der Waals surface area contributed by atoms with Crippen molar-refractivity contribution in [1.82, 2.24) is 5.32 Å². The lowest BCUT2D eigenvalue weighted by atomic mass is 9.98. The highest BCUT2D eigenvalue weighted by molar-refractivity contribution is 5.14. The molecule has 0 spiro atoms. The molecule has 0 aliphatic carbocycles. The van der Waals surface area contributed by atoms with Gasteiger partial charge in [-0.2, -0.15) is 0 Å². The molecule has 0 aliphatic heterocycles. The Morgan fingerprint density at radius 3 is 2.22 bits per heavy atom. The van der Waals surface area contributed by atoms with E-state index in [4.69, 9.17) is 0 Å². The summed E-state index contributed by atoms with van der Waals surface area (Å²) in [6.45, 7) is 4.62. The molecule has 0 amide bonds. The molecule has 1 nitrogen and oxygen atoms in total. The average molecular weight is 247 g/mol. The van der Waals surface area contributed by atoms with Gasteiger partial charge in [0.15, 0.2) is 0 Å². The third-order valence-corrected chi connectivity index (χ3v) is 3.60. The highest BCUT2D eigenvalue weighted by Gasteiger charge is 2.06. The number of aryl methyl sites for hydroxylation is 1. The monoisotopic (exact) mass is 247 g/mol. The molecule has 1 aromatic rings. The van der Waals surface area contributed by atoms with Crippen LogP contribution in [0.15, 0.2) is 30.3 Å². The van der Waals surface area contributed by atoms with Crippen molar-refractivity contribution in [3.05, 3.63) is 35.9 Å². The van der Waals surface area contributed by atoms with E-state index in [9.17, 15) is 0 Å². The molecule has 1 aromatic carbocycles. The number of nitrogens with one attached hydrogen (secondary N) is 1. The second kappa shape index (κ2) is 9.16. The summed E-state index contributed by atoms with van der Waals surface area (Å²) < 4.78 is 0. The largest absolute Gasteiger partial charge is 0.317 e. The minimum Gasteiger partial charge on any atom is -0.317 e. The minimum absolute atomic E-state index is 0.701. The molecule has 1 rings (SSSR count). The van der Waals surface area contributed by atoms with Crippen LogP contribution in [0.3, 0.4) is 0 Å². The second-order valence-corrected chi connectivity index (χ2v) is 5.69. The van der Waals surface area contributed by atoms with Crippen LogP contribution in [0.2, 0.25) is 0 Å². The lowest BCUT2D eigenvalue weighted by Gasteiger charge is -2.16. The highest BCUT2D eigenvalue weighted by Crippen LogP contribution is 2.13. The van der Waals surface area contributed by atoms with Gasteiger partial charge >= 0.3 is 0 Å². The summed E-state index contributed by atoms with van der Waals surface area (Å²) >= 11 is 0. The fourth-order valence-corrected chi connectivity index (χ4v) is 2.40. The molecule has 0 bridgehead atoms. The zero-order valence-corrected chi connectivity index (χ0v) is 12.3. The first-order chi connectivity index (χ1) is 8.72. The summed E-state index contributed by atoms with van der Waals surface area (Å²) in [4.78, 5) is 0. The topological polar surface area (TPSA) is 12.0 Å². The fourth-order valence-electron chi connectivity index (χ4n) is 2.40. The van der Waals surface area contributed by atoms with E-state index >= 15 is 0 Å². The van der Waals surface area contributed by atoms with E-state index in [1.807, 2.05) is 0 Å². The number of benzene rings is 1. The van der Waals surface area contributed by atoms with Crippen LogP contribution in [0.25, 0.3) is 0 Å². The van der Waals surface area contributed by atoms with E-state index in [2.05, 4.69) is 56.5 Å². The van der Waals surface area contributed by atoms with Gasteiger partial charge in [0, 0.05) is 6.04 Å². The van der Waals surface area contributed by atoms with Gasteiger partial charge in [-0.1, -0.05) is 57.0 Å². The highest BCUT2D eigenvalue weighted by atomic mass is 14.9. The molecule has 1 heteroatoms. The Kier molecular flexibility index (Phi) is 7.75. The van der Waals surface area contributed by atoms with Crippen molar-refractivity contribution in [2.24, 2.45) is 5.92 Å². The molecule has 0 saturated carbocycles. The van der Waals surface area contributed by atoms with Crippen molar-refractivity contribution in [3.63, 3.8) is 0 Å². The molecule has 1 unspecified atom stereocenters. The molecule has 18 heavy (non-hydrogen) atoms. The molecule has 0 saturated heterocycles. The zero-order valence-electron chi connectivity index (χ0n) is 12.3. The van der Waals surface area contributed by atoms with E-state index in [1.165, 1.54) is 44.1 Å². The van der Waals surface area contributed by atoms with Gasteiger partial charge in [0.2, 0.25) is 0 Å². The summed E-state index contributed by atoms with van der Waals surface area (Å²) in [5.74, 6) is 0.840. The SMILES string of the molecule is CNC(CCCc1ccccc1)CCCC(C)C. The lowest BCUT2D eigenvalue weighted by Crippen LogP contribution is -2.25. The lowest BCUT2D eigenvalue weighted by molar-refractivity contribution is 0.432. The second-order valence-electron chi connectivity index (χ2n) is 5.69. The quantitative estimate of drug-likeness (QED) is 0.681. The Morgan fingerprint density at radius 1 is 0.944 bits per heavy atom. The molecule has 1 N–H and O–H groups in total. The first kappa shape index (κ1) is 15.2. The molecule has 102 valence electrons. The van der Waals surface area contributed by atoms with Crippen LogP contribution >= 0.6 is 0 Å². The van der Waals surface area contributed by atoms with Crippen molar-refractivity contribution < 1.29 is 0 Å². The molecule has 0 aliphatic rings. The van der Waals surface area contributed by atoms with Crippen LogP contribution in [0.1, 0.15) is 51.5 Å². The van der Waals surface area contributed by atoms with Gasteiger partial charge in [0.1, 0.15) is 0 Å². The van der Waals surface area contributed by atoms with E-state index in [1.54, 1.807) is 0 Å². The molecule has 0 aromatic heterocycles. The summed E-state index contributed by atoms with van der Waals surface area (Å²) in [5, 5.41) is 3.46. The van der Waals surface area contributed by atoms with E-state index in [0.717, 1.165) is 5.92 Å². The third kappa shape index (κ3) is 6.80. The molecule has 0 radical (unpaired) electrons. The van der Waals surface area contributed by atoms with Crippen LogP contribution in [-0.2, 0) is 6.42 Å². The maximum absolute atomic E-state index is 3.46. The predicted octanol–water partition coefficient (Wildman–Crippen LogP) is 4.42. The van der Waals surface area contributed by atoms with Crippen LogP contribution in [-0.4, -0.2) is 13.1 Å². The summed E-state index contributed by atoms with van der Waals surface area (Å²) in [7, 11) is 2.10. The van der Waals surface area contributed by atoms with Crippen molar-refractivity contribution in [2.75, 3.05) is 7.05 Å². The van der Waals surface area contributed by atoms with Crippen molar-refractivity contribution in [1.29, 1.82) is 0 Å². The zero-order chi connectivity index (χ0) is 13.2. The van der Waals surface area contributed by atoms with Crippen LogP contribution in [0, 0.1) is 5.92 Å². The van der Waals surface area contributed by atoms with Gasteiger partial charge in [-0.25, -0.2) is 0 Å². The van der Waals surface area contributed by atoms with Gasteiger partial charge in [0.05, 0.1) is 0 Å². The van der Waals surface area contributed by atoms with Gasteiger partial charge in [0.25, 0.3) is 0 Å². The molecule has 0 heterocycles. The van der Waals surface area contributed by atoms with E-state index < -0.39 is 0 Å². The Morgan fingerprint density at radius 2 is 1.61 bits per heavy atom. The van der Waals surface area contributed by atoms with Gasteiger partial charge < -0.3 is 5.32 Å². The molecular formula is C17H29N. The molecular weight excluding hydrogens is 218 g/mol. The van der Waals surface area contributed by atoms with Crippen molar-refractivity contribution in [2.45, 2.75) is 58.4 Å². The van der Waals surface area contributed by atoms with Crippen LogP contribution in [0.5, 0.6) is 0 Å². The Labute approximate surface area is 113 Å². The summed E-state index contributed by atoms with van der Waals surface area (Å²) in [6, 6.07) is 11.5. The molecule has 0 fully saturated rings. The normalized spacial score (nSPS) is 12.9. The van der Waals surface area contributed by atoms with Crippen LogP contribution < -0.4 is 5.32 Å². The fraction of sp³-hybridized carbons (Fsp3) is 0.647. The average Bonchev–Trinajstić information content (AvgIpc) is 2.38. The maximum Gasteiger partial charge on any atom is 0.00641 e. The Bertz CT molecular complexity index is 292. The van der Waals surface area contributed by atoms with Crippen LogP contribution in [0.4, 0.5) is 0 Å². The first-order valence-corrected chi connectivity index (χ1v) is 7.43. The first-order valence-electron chi connectivity index (χ1n) is 7.43. The third-order valence-electron chi connectivity index (χ3n) is 3.60. The van der Waals surface area contributed by atoms with Gasteiger partial charge in [-0.05, 0) is 44.2 Å². The Balaban J connectivity index is 2.15. The summed E-state index contributed by atoms with van der Waals surface area (Å²) in [5.41, 5.74) is 1.47. The van der Waals surface area contributed by atoms with E-state index in [0.29, 0.717) is 6.04 Å². The Hall–Kier alpha value is -0.820. The number of rotatable bonds is 9. The molecule has 1 atom stereocenters. The van der Waals surface area contributed by atoms with Crippen molar-refractivity contribution in [3.8, 4) is 0 Å². The number of hydrogen-bond donors (Lipinski definition) is 1.